The average Bonchev–Trinajstić information content (AvgIpc) is 3.75. The summed E-state index contributed by atoms with van der Waals surface area (Å²) in [5.41, 5.74) is 3.43. The van der Waals surface area contributed by atoms with Crippen LogP contribution in [0.15, 0.2) is 71.3 Å². The summed E-state index contributed by atoms with van der Waals surface area (Å²) in [7, 11) is 1.74. The van der Waals surface area contributed by atoms with Crippen molar-refractivity contribution < 1.29 is 18.8 Å². The van der Waals surface area contributed by atoms with E-state index in [1.807, 2.05) is 30.3 Å². The third kappa shape index (κ3) is 5.03. The highest BCUT2D eigenvalue weighted by Gasteiger charge is 2.32. The van der Waals surface area contributed by atoms with Crippen LogP contribution in [0.1, 0.15) is 40.8 Å². The number of tetrazole rings is 1. The van der Waals surface area contributed by atoms with E-state index < -0.39 is 0 Å². The minimum absolute atomic E-state index is 0.171. The Morgan fingerprint density at radius 1 is 0.930 bits per heavy atom. The molecule has 1 unspecified atom stereocenters. The van der Waals surface area contributed by atoms with Crippen LogP contribution >= 0.6 is 0 Å². The lowest BCUT2D eigenvalue weighted by Gasteiger charge is -2.38. The second-order valence-electron chi connectivity index (χ2n) is 10.5. The first-order valence-corrected chi connectivity index (χ1v) is 14.0. The van der Waals surface area contributed by atoms with Gasteiger partial charge in [0.25, 0.3) is 5.91 Å². The zero-order valence-electron chi connectivity index (χ0n) is 23.3. The number of fused-ring (bicyclic) bond motifs is 1. The summed E-state index contributed by atoms with van der Waals surface area (Å²) in [6, 6.07) is 18.3. The van der Waals surface area contributed by atoms with Gasteiger partial charge in [0.2, 0.25) is 17.7 Å². The molecule has 0 N–H and O–H groups in total. The summed E-state index contributed by atoms with van der Waals surface area (Å²) in [5, 5.41) is 12.8. The van der Waals surface area contributed by atoms with E-state index in [0.29, 0.717) is 60.2 Å². The molecule has 0 radical (unpaired) electrons. The molecule has 3 amide bonds. The summed E-state index contributed by atoms with van der Waals surface area (Å²) in [4.78, 5) is 53.5. The predicted octanol–water partition coefficient (Wildman–Crippen LogP) is 2.61. The van der Waals surface area contributed by atoms with Gasteiger partial charge in [-0.1, -0.05) is 30.3 Å². The lowest BCUT2D eigenvalue weighted by Crippen LogP contribution is -2.50. The molecule has 13 heteroatoms. The van der Waals surface area contributed by atoms with Crippen molar-refractivity contribution in [2.45, 2.75) is 18.9 Å². The third-order valence-electron chi connectivity index (χ3n) is 7.76. The SMILES string of the molecule is Cn1nnc(C(c2ccccc2)N2CCN(C(=O)c3cc(-c4nc5cc(N6C(=O)CCC6=O)ccc5o4)ccn3)CC2)n1. The van der Waals surface area contributed by atoms with E-state index >= 15 is 0 Å². The van der Waals surface area contributed by atoms with Crippen molar-refractivity contribution in [3.8, 4) is 11.5 Å². The number of anilines is 1. The Labute approximate surface area is 245 Å². The van der Waals surface area contributed by atoms with Gasteiger partial charge in [0.15, 0.2) is 11.4 Å². The molecule has 216 valence electrons. The number of benzene rings is 2. The van der Waals surface area contributed by atoms with E-state index in [4.69, 9.17) is 4.42 Å². The smallest absolute Gasteiger partial charge is 0.272 e. The molecule has 2 aliphatic rings. The van der Waals surface area contributed by atoms with Crippen molar-refractivity contribution in [2.24, 2.45) is 7.05 Å². The molecule has 5 aromatic rings. The molecule has 2 saturated heterocycles. The topological polar surface area (TPSA) is 143 Å². The molecule has 2 aliphatic heterocycles. The van der Waals surface area contributed by atoms with E-state index in [2.05, 4.69) is 30.3 Å². The van der Waals surface area contributed by atoms with Gasteiger partial charge in [0, 0.05) is 50.8 Å². The molecule has 2 fully saturated rings. The molecule has 3 aromatic heterocycles. The number of rotatable bonds is 6. The summed E-state index contributed by atoms with van der Waals surface area (Å²) in [5.74, 6) is 0.292. The van der Waals surface area contributed by atoms with E-state index in [1.54, 1.807) is 48.5 Å². The first-order valence-electron chi connectivity index (χ1n) is 14.0. The second-order valence-corrected chi connectivity index (χ2v) is 10.5. The quantitative estimate of drug-likeness (QED) is 0.276. The number of pyridine rings is 1. The largest absolute Gasteiger partial charge is 0.436 e. The highest BCUT2D eigenvalue weighted by Crippen LogP contribution is 2.31. The van der Waals surface area contributed by atoms with Gasteiger partial charge >= 0.3 is 0 Å². The lowest BCUT2D eigenvalue weighted by molar-refractivity contribution is -0.121. The van der Waals surface area contributed by atoms with Gasteiger partial charge in [-0.3, -0.25) is 29.2 Å². The van der Waals surface area contributed by atoms with Crippen LogP contribution in [-0.2, 0) is 16.6 Å². The Kier molecular flexibility index (Phi) is 6.70. The van der Waals surface area contributed by atoms with Gasteiger partial charge < -0.3 is 9.32 Å². The maximum atomic E-state index is 13.5. The molecule has 5 heterocycles. The van der Waals surface area contributed by atoms with Gasteiger partial charge in [-0.15, -0.1) is 10.2 Å². The summed E-state index contributed by atoms with van der Waals surface area (Å²) in [6.07, 6.45) is 1.97. The number of hydrogen-bond acceptors (Lipinski definition) is 10. The molecular formula is C30H27N9O4. The maximum absolute atomic E-state index is 13.5. The molecular weight excluding hydrogens is 550 g/mol. The number of amides is 3. The fraction of sp³-hybridized carbons (Fsp3) is 0.267. The summed E-state index contributed by atoms with van der Waals surface area (Å²) >= 11 is 0. The number of hydrogen-bond donors (Lipinski definition) is 0. The Bertz CT molecular complexity index is 1830. The van der Waals surface area contributed by atoms with E-state index in [1.165, 1.54) is 9.70 Å². The summed E-state index contributed by atoms with van der Waals surface area (Å²) < 4.78 is 5.95. The van der Waals surface area contributed by atoms with Crippen molar-refractivity contribution in [1.29, 1.82) is 0 Å². The number of aryl methyl sites for hydroxylation is 1. The molecule has 13 nitrogen and oxygen atoms in total. The van der Waals surface area contributed by atoms with Crippen LogP contribution in [0.2, 0.25) is 0 Å². The van der Waals surface area contributed by atoms with Crippen LogP contribution in [0.3, 0.4) is 0 Å². The molecule has 0 bridgehead atoms. The number of carbonyl (C=O) groups excluding carboxylic acids is 3. The zero-order chi connectivity index (χ0) is 29.5. The van der Waals surface area contributed by atoms with Crippen molar-refractivity contribution in [3.05, 3.63) is 83.9 Å². The molecule has 0 aliphatic carbocycles. The molecule has 2 aromatic carbocycles. The number of oxazole rings is 1. The maximum Gasteiger partial charge on any atom is 0.272 e. The minimum atomic E-state index is -0.229. The molecule has 43 heavy (non-hydrogen) atoms. The molecule has 1 atom stereocenters. The minimum Gasteiger partial charge on any atom is -0.436 e. The Hall–Kier alpha value is -5.30. The van der Waals surface area contributed by atoms with Crippen molar-refractivity contribution in [3.63, 3.8) is 0 Å². The Morgan fingerprint density at radius 3 is 2.42 bits per heavy atom. The highest BCUT2D eigenvalue weighted by molar-refractivity contribution is 6.20. The molecule has 0 spiro atoms. The standard InChI is InChI=1S/C30H27N9O4/c1-36-34-28(33-35-36)27(19-5-3-2-4-6-19)37-13-15-38(16-14-37)30(42)23-17-20(11-12-31-23)29-32-22-18-21(7-8-24(22)43-29)39-25(40)9-10-26(39)41/h2-8,11-12,17-18,27H,9-10,13-16H2,1H3. The van der Waals surface area contributed by atoms with Gasteiger partial charge in [-0.25, -0.2) is 4.98 Å². The van der Waals surface area contributed by atoms with Gasteiger partial charge in [0.05, 0.1) is 18.8 Å². The van der Waals surface area contributed by atoms with Crippen LogP contribution in [0.5, 0.6) is 0 Å². The first-order chi connectivity index (χ1) is 20.9. The van der Waals surface area contributed by atoms with Crippen LogP contribution < -0.4 is 4.90 Å². The second kappa shape index (κ2) is 10.8. The Balaban J connectivity index is 1.08. The monoisotopic (exact) mass is 577 g/mol. The van der Waals surface area contributed by atoms with Crippen LogP contribution in [0.25, 0.3) is 22.6 Å². The van der Waals surface area contributed by atoms with Crippen LogP contribution in [0.4, 0.5) is 5.69 Å². The van der Waals surface area contributed by atoms with Gasteiger partial charge in [0.1, 0.15) is 11.2 Å². The van der Waals surface area contributed by atoms with E-state index in [0.717, 1.165) is 5.56 Å². The lowest BCUT2D eigenvalue weighted by atomic mass is 10.0. The number of imide groups is 1. The van der Waals surface area contributed by atoms with Gasteiger partial charge in [-0.2, -0.15) is 4.80 Å². The number of nitrogens with zero attached hydrogens (tertiary/aromatic N) is 9. The van der Waals surface area contributed by atoms with Crippen LogP contribution in [0, 0.1) is 0 Å². The third-order valence-corrected chi connectivity index (χ3v) is 7.76. The van der Waals surface area contributed by atoms with E-state index in [-0.39, 0.29) is 42.3 Å². The number of carbonyl (C=O) groups is 3. The fourth-order valence-corrected chi connectivity index (χ4v) is 5.64. The highest BCUT2D eigenvalue weighted by atomic mass is 16.3. The van der Waals surface area contributed by atoms with Crippen molar-refractivity contribution in [1.82, 2.24) is 40.0 Å². The number of aromatic nitrogens is 6. The Morgan fingerprint density at radius 2 is 1.70 bits per heavy atom. The molecule has 7 rings (SSSR count). The van der Waals surface area contributed by atoms with E-state index in [9.17, 15) is 14.4 Å². The molecule has 0 saturated carbocycles. The fourth-order valence-electron chi connectivity index (χ4n) is 5.64. The van der Waals surface area contributed by atoms with Gasteiger partial charge in [-0.05, 0) is 41.1 Å². The zero-order valence-corrected chi connectivity index (χ0v) is 23.3. The normalized spacial score (nSPS) is 16.8. The van der Waals surface area contributed by atoms with Crippen molar-refractivity contribution in [2.75, 3.05) is 31.1 Å². The van der Waals surface area contributed by atoms with Crippen molar-refractivity contribution >= 4 is 34.5 Å². The summed E-state index contributed by atoms with van der Waals surface area (Å²) in [6.45, 7) is 2.26. The number of piperazine rings is 1. The van der Waals surface area contributed by atoms with Crippen LogP contribution in [-0.4, -0.2) is 83.9 Å². The first kappa shape index (κ1) is 26.6. The average molecular weight is 578 g/mol. The predicted molar refractivity (Wildman–Crippen MR) is 154 cm³/mol.